The fourth-order valence-electron chi connectivity index (χ4n) is 4.68. The van der Waals surface area contributed by atoms with E-state index in [2.05, 4.69) is 22.9 Å². The zero-order valence-corrected chi connectivity index (χ0v) is 20.1. The van der Waals surface area contributed by atoms with Crippen LogP contribution < -0.4 is 16.0 Å². The summed E-state index contributed by atoms with van der Waals surface area (Å²) < 4.78 is 1.91. The van der Waals surface area contributed by atoms with Crippen molar-refractivity contribution in [2.45, 2.75) is 52.1 Å². The lowest BCUT2D eigenvalue weighted by Crippen LogP contribution is -2.38. The Balaban J connectivity index is 1.66. The van der Waals surface area contributed by atoms with Crippen LogP contribution in [0.15, 0.2) is 48.5 Å². The van der Waals surface area contributed by atoms with Gasteiger partial charge in [-0.25, -0.2) is 4.79 Å². The molecule has 4 N–H and O–H groups in total. The Bertz CT molecular complexity index is 1220. The van der Waals surface area contributed by atoms with E-state index in [9.17, 15) is 14.4 Å². The number of anilines is 1. The molecule has 0 unspecified atom stereocenters. The summed E-state index contributed by atoms with van der Waals surface area (Å²) in [6, 6.07) is 14.5. The van der Waals surface area contributed by atoms with E-state index in [1.165, 1.54) is 0 Å². The van der Waals surface area contributed by atoms with Gasteiger partial charge < -0.3 is 20.3 Å². The van der Waals surface area contributed by atoms with Crippen LogP contribution in [0.1, 0.15) is 65.9 Å². The Morgan fingerprint density at radius 3 is 2.34 bits per heavy atom. The molecule has 1 saturated carbocycles. The maximum atomic E-state index is 13.4. The molecule has 0 bridgehead atoms. The molecule has 0 radical (unpaired) electrons. The first kappa shape index (κ1) is 24.3. The minimum atomic E-state index is -1.15. The van der Waals surface area contributed by atoms with Crippen LogP contribution in [0.4, 0.5) is 10.5 Å². The normalized spacial score (nSPS) is 17.7. The smallest absolute Gasteiger partial charge is 0.409 e. The van der Waals surface area contributed by atoms with Gasteiger partial charge in [0.2, 0.25) is 0 Å². The number of nitrogens with zero attached hydrogens (tertiary/aromatic N) is 1. The SMILES string of the molecule is CCNC(=O)c1ccc(Cn2c(C(=O)NC3CCC(C)CC3)cc3ccc(NC(=O)O)cc32)cc1. The molecular formula is C27H32N4O4. The molecule has 0 saturated heterocycles. The van der Waals surface area contributed by atoms with Gasteiger partial charge in [-0.1, -0.05) is 25.1 Å². The van der Waals surface area contributed by atoms with Crippen LogP contribution >= 0.6 is 0 Å². The summed E-state index contributed by atoms with van der Waals surface area (Å²) in [4.78, 5) is 36.6. The van der Waals surface area contributed by atoms with E-state index in [4.69, 9.17) is 5.11 Å². The number of hydrogen-bond donors (Lipinski definition) is 4. The van der Waals surface area contributed by atoms with E-state index in [-0.39, 0.29) is 17.9 Å². The quantitative estimate of drug-likeness (QED) is 0.391. The summed E-state index contributed by atoms with van der Waals surface area (Å²) in [5.74, 6) is 0.432. The molecular weight excluding hydrogens is 444 g/mol. The highest BCUT2D eigenvalue weighted by Gasteiger charge is 2.23. The summed E-state index contributed by atoms with van der Waals surface area (Å²) in [6.07, 6.45) is 3.02. The Morgan fingerprint density at radius 2 is 1.69 bits per heavy atom. The minimum Gasteiger partial charge on any atom is -0.465 e. The van der Waals surface area contributed by atoms with Crippen molar-refractivity contribution in [2.75, 3.05) is 11.9 Å². The van der Waals surface area contributed by atoms with E-state index < -0.39 is 6.09 Å². The zero-order chi connectivity index (χ0) is 24.9. The molecule has 35 heavy (non-hydrogen) atoms. The van der Waals surface area contributed by atoms with Gasteiger partial charge in [0.05, 0.1) is 5.52 Å². The first-order valence-electron chi connectivity index (χ1n) is 12.1. The highest BCUT2D eigenvalue weighted by atomic mass is 16.4. The van der Waals surface area contributed by atoms with Gasteiger partial charge in [0.1, 0.15) is 5.69 Å². The highest BCUT2D eigenvalue weighted by Crippen LogP contribution is 2.27. The number of carboxylic acid groups (broad SMARTS) is 1. The predicted octanol–water partition coefficient (Wildman–Crippen LogP) is 4.84. The standard InChI is InChI=1S/C27H32N4O4/c1-3-28-25(32)19-8-6-18(7-9-19)16-31-23-15-22(30-27(34)35)13-10-20(23)14-24(31)26(33)29-21-11-4-17(2)5-12-21/h6-10,13-15,17,21,30H,3-5,11-12,16H2,1-2H3,(H,28,32)(H,29,33)(H,34,35). The molecule has 8 heteroatoms. The maximum absolute atomic E-state index is 13.4. The average molecular weight is 477 g/mol. The van der Waals surface area contributed by atoms with Crippen molar-refractivity contribution in [3.8, 4) is 0 Å². The number of benzene rings is 2. The Morgan fingerprint density at radius 1 is 0.971 bits per heavy atom. The number of nitrogens with one attached hydrogen (secondary N) is 3. The number of carbonyl (C=O) groups excluding carboxylic acids is 2. The van der Waals surface area contributed by atoms with Crippen LogP contribution in [0, 0.1) is 5.92 Å². The molecule has 1 aromatic heterocycles. The van der Waals surface area contributed by atoms with E-state index in [0.29, 0.717) is 36.0 Å². The molecule has 0 aliphatic heterocycles. The van der Waals surface area contributed by atoms with Crippen molar-refractivity contribution in [3.05, 3.63) is 65.4 Å². The lowest BCUT2D eigenvalue weighted by atomic mass is 9.87. The third kappa shape index (κ3) is 5.82. The van der Waals surface area contributed by atoms with E-state index in [1.807, 2.05) is 35.8 Å². The Kier molecular flexibility index (Phi) is 7.39. The minimum absolute atomic E-state index is 0.128. The second kappa shape index (κ2) is 10.6. The van der Waals surface area contributed by atoms with Crippen molar-refractivity contribution < 1.29 is 19.5 Å². The molecule has 0 spiro atoms. The summed E-state index contributed by atoms with van der Waals surface area (Å²) >= 11 is 0. The first-order valence-corrected chi connectivity index (χ1v) is 12.1. The highest BCUT2D eigenvalue weighted by molar-refractivity contribution is 6.00. The van der Waals surface area contributed by atoms with Gasteiger partial charge >= 0.3 is 6.09 Å². The molecule has 1 aliphatic rings. The van der Waals surface area contributed by atoms with Crippen LogP contribution in [-0.2, 0) is 6.54 Å². The van der Waals surface area contributed by atoms with Crippen LogP contribution in [0.2, 0.25) is 0 Å². The molecule has 1 fully saturated rings. The lowest BCUT2D eigenvalue weighted by Gasteiger charge is -2.27. The van der Waals surface area contributed by atoms with E-state index >= 15 is 0 Å². The predicted molar refractivity (Wildman–Crippen MR) is 136 cm³/mol. The first-order chi connectivity index (χ1) is 16.8. The zero-order valence-electron chi connectivity index (χ0n) is 20.1. The van der Waals surface area contributed by atoms with Crippen molar-refractivity contribution in [3.63, 3.8) is 0 Å². The van der Waals surface area contributed by atoms with E-state index in [1.54, 1.807) is 24.3 Å². The third-order valence-electron chi connectivity index (χ3n) is 6.63. The third-order valence-corrected chi connectivity index (χ3v) is 6.63. The molecule has 1 aliphatic carbocycles. The molecule has 0 atom stereocenters. The number of rotatable bonds is 7. The van der Waals surface area contributed by atoms with Gasteiger partial charge in [0, 0.05) is 35.8 Å². The molecule has 1 heterocycles. The monoisotopic (exact) mass is 476 g/mol. The molecule has 3 amide bonds. The average Bonchev–Trinajstić information content (AvgIpc) is 3.18. The Hall–Kier alpha value is -3.81. The number of aromatic nitrogens is 1. The number of amides is 3. The van der Waals surface area contributed by atoms with Crippen LogP contribution in [0.25, 0.3) is 10.9 Å². The maximum Gasteiger partial charge on any atom is 0.409 e. The van der Waals surface area contributed by atoms with Gasteiger partial charge in [-0.15, -0.1) is 0 Å². The van der Waals surface area contributed by atoms with Crippen molar-refractivity contribution >= 4 is 34.5 Å². The number of fused-ring (bicyclic) bond motifs is 1. The molecule has 8 nitrogen and oxygen atoms in total. The van der Waals surface area contributed by atoms with Crippen molar-refractivity contribution in [2.24, 2.45) is 5.92 Å². The second-order valence-electron chi connectivity index (χ2n) is 9.31. The summed E-state index contributed by atoms with van der Waals surface area (Å²) in [7, 11) is 0. The fourth-order valence-corrected chi connectivity index (χ4v) is 4.68. The number of carbonyl (C=O) groups is 3. The van der Waals surface area contributed by atoms with Gasteiger partial charge in [-0.2, -0.15) is 0 Å². The Labute approximate surface area is 204 Å². The molecule has 2 aromatic carbocycles. The van der Waals surface area contributed by atoms with Crippen LogP contribution in [0.3, 0.4) is 0 Å². The molecule has 3 aromatic rings. The molecule has 184 valence electrons. The largest absolute Gasteiger partial charge is 0.465 e. The lowest BCUT2D eigenvalue weighted by molar-refractivity contribution is 0.0913. The van der Waals surface area contributed by atoms with Crippen LogP contribution in [-0.4, -0.2) is 40.2 Å². The van der Waals surface area contributed by atoms with Gasteiger partial charge in [0.25, 0.3) is 11.8 Å². The van der Waals surface area contributed by atoms with Crippen LogP contribution in [0.5, 0.6) is 0 Å². The summed E-state index contributed by atoms with van der Waals surface area (Å²) in [5, 5.41) is 18.4. The topological polar surface area (TPSA) is 112 Å². The van der Waals surface area contributed by atoms with Crippen molar-refractivity contribution in [1.29, 1.82) is 0 Å². The number of hydrogen-bond acceptors (Lipinski definition) is 3. The summed E-state index contributed by atoms with van der Waals surface area (Å²) in [6.45, 7) is 5.08. The summed E-state index contributed by atoms with van der Waals surface area (Å²) in [5.41, 5.74) is 3.22. The van der Waals surface area contributed by atoms with E-state index in [0.717, 1.165) is 42.1 Å². The second-order valence-corrected chi connectivity index (χ2v) is 9.31. The van der Waals surface area contributed by atoms with Crippen molar-refractivity contribution in [1.82, 2.24) is 15.2 Å². The fraction of sp³-hybridized carbons (Fsp3) is 0.370. The van der Waals surface area contributed by atoms with Gasteiger partial charge in [-0.05, 0) is 74.4 Å². The van der Waals surface area contributed by atoms with Gasteiger partial charge in [0.15, 0.2) is 0 Å². The molecule has 4 rings (SSSR count). The van der Waals surface area contributed by atoms with Gasteiger partial charge in [-0.3, -0.25) is 14.9 Å².